The van der Waals surface area contributed by atoms with Crippen molar-refractivity contribution >= 4 is 22.6 Å². The maximum atomic E-state index is 11.4. The van der Waals surface area contributed by atoms with Crippen molar-refractivity contribution < 1.29 is 9.90 Å². The van der Waals surface area contributed by atoms with Crippen molar-refractivity contribution in [3.8, 4) is 0 Å². The van der Waals surface area contributed by atoms with Crippen molar-refractivity contribution in [2.24, 2.45) is 5.41 Å². The van der Waals surface area contributed by atoms with Crippen LogP contribution < -0.4 is 5.32 Å². The minimum absolute atomic E-state index is 0.242. The molecule has 1 aromatic heterocycles. The summed E-state index contributed by atoms with van der Waals surface area (Å²) in [6.45, 7) is 3.05. The zero-order chi connectivity index (χ0) is 14.2. The van der Waals surface area contributed by atoms with E-state index in [1.807, 2.05) is 24.3 Å². The number of aromatic nitrogens is 1. The van der Waals surface area contributed by atoms with E-state index in [0.717, 1.165) is 17.4 Å². The van der Waals surface area contributed by atoms with Crippen LogP contribution in [0.2, 0.25) is 0 Å². The van der Waals surface area contributed by atoms with Crippen molar-refractivity contribution in [3.63, 3.8) is 0 Å². The van der Waals surface area contributed by atoms with Gasteiger partial charge < -0.3 is 10.4 Å². The first-order valence-corrected chi connectivity index (χ1v) is 6.94. The molecule has 2 N–H and O–H groups in total. The van der Waals surface area contributed by atoms with Crippen LogP contribution in [-0.2, 0) is 0 Å². The van der Waals surface area contributed by atoms with Crippen LogP contribution >= 0.6 is 0 Å². The number of aromatic carboxylic acids is 1. The smallest absolute Gasteiger partial charge is 0.339 e. The van der Waals surface area contributed by atoms with Gasteiger partial charge in [0.1, 0.15) is 5.56 Å². The van der Waals surface area contributed by atoms with Gasteiger partial charge in [-0.25, -0.2) is 4.79 Å². The molecule has 3 rings (SSSR count). The first kappa shape index (κ1) is 12.9. The summed E-state index contributed by atoms with van der Waals surface area (Å²) in [5.41, 5.74) is 2.04. The molecule has 20 heavy (non-hydrogen) atoms. The van der Waals surface area contributed by atoms with Gasteiger partial charge in [-0.1, -0.05) is 31.5 Å². The lowest BCUT2D eigenvalue weighted by Crippen LogP contribution is -2.33. The third kappa shape index (κ3) is 2.22. The van der Waals surface area contributed by atoms with Crippen LogP contribution in [0, 0.1) is 5.41 Å². The number of fused-ring (bicyclic) bond motifs is 1. The van der Waals surface area contributed by atoms with Gasteiger partial charge in [-0.15, -0.1) is 0 Å². The van der Waals surface area contributed by atoms with Crippen molar-refractivity contribution in [2.75, 3.05) is 11.9 Å². The van der Waals surface area contributed by atoms with Gasteiger partial charge in [0, 0.05) is 18.1 Å². The van der Waals surface area contributed by atoms with Crippen molar-refractivity contribution in [2.45, 2.75) is 26.2 Å². The molecule has 1 aromatic carbocycles. The highest BCUT2D eigenvalue weighted by Crippen LogP contribution is 2.40. The molecule has 104 valence electrons. The SMILES string of the molecule is CC1(CNc2c(C(=O)O)cnc3ccccc23)CCC1. The van der Waals surface area contributed by atoms with Gasteiger partial charge in [-0.05, 0) is 24.3 Å². The number of carboxylic acids is 1. The Morgan fingerprint density at radius 2 is 2.15 bits per heavy atom. The molecular weight excluding hydrogens is 252 g/mol. The molecule has 1 fully saturated rings. The van der Waals surface area contributed by atoms with Crippen LogP contribution in [0.3, 0.4) is 0 Å². The zero-order valence-electron chi connectivity index (χ0n) is 11.5. The zero-order valence-corrected chi connectivity index (χ0v) is 11.5. The van der Waals surface area contributed by atoms with E-state index in [4.69, 9.17) is 0 Å². The average molecular weight is 270 g/mol. The van der Waals surface area contributed by atoms with E-state index < -0.39 is 5.97 Å². The quantitative estimate of drug-likeness (QED) is 0.892. The fourth-order valence-corrected chi connectivity index (χ4v) is 2.75. The standard InChI is InChI=1S/C16H18N2O2/c1-16(7-4-8-16)10-18-14-11-5-2-3-6-13(11)17-9-12(14)15(19)20/h2-3,5-6,9H,4,7-8,10H2,1H3,(H,17,18)(H,19,20). The van der Waals surface area contributed by atoms with Gasteiger partial charge in [0.2, 0.25) is 0 Å². The number of anilines is 1. The molecule has 4 nitrogen and oxygen atoms in total. The van der Waals surface area contributed by atoms with E-state index in [2.05, 4.69) is 17.2 Å². The predicted octanol–water partition coefficient (Wildman–Crippen LogP) is 3.54. The van der Waals surface area contributed by atoms with Crippen LogP contribution in [0.4, 0.5) is 5.69 Å². The number of hydrogen-bond acceptors (Lipinski definition) is 3. The highest BCUT2D eigenvalue weighted by molar-refractivity contribution is 6.04. The number of rotatable bonds is 4. The second kappa shape index (κ2) is 4.78. The maximum absolute atomic E-state index is 11.4. The third-order valence-corrected chi connectivity index (χ3v) is 4.26. The Hall–Kier alpha value is -2.10. The number of carboxylic acid groups (broad SMARTS) is 1. The van der Waals surface area contributed by atoms with Gasteiger partial charge >= 0.3 is 5.97 Å². The molecule has 1 saturated carbocycles. The Balaban J connectivity index is 2.00. The Bertz CT molecular complexity index is 663. The number of pyridine rings is 1. The highest BCUT2D eigenvalue weighted by atomic mass is 16.4. The Labute approximate surface area is 117 Å². The first-order valence-electron chi connectivity index (χ1n) is 6.94. The largest absolute Gasteiger partial charge is 0.478 e. The van der Waals surface area contributed by atoms with Gasteiger partial charge in [0.15, 0.2) is 0 Å². The van der Waals surface area contributed by atoms with Crippen LogP contribution in [0.15, 0.2) is 30.5 Å². The lowest BCUT2D eigenvalue weighted by atomic mass is 9.70. The summed E-state index contributed by atoms with van der Waals surface area (Å²) >= 11 is 0. The summed E-state index contributed by atoms with van der Waals surface area (Å²) in [4.78, 5) is 15.6. The van der Waals surface area contributed by atoms with Gasteiger partial charge in [0.05, 0.1) is 11.2 Å². The predicted molar refractivity (Wildman–Crippen MR) is 79.2 cm³/mol. The minimum Gasteiger partial charge on any atom is -0.478 e. The number of benzene rings is 1. The van der Waals surface area contributed by atoms with Crippen molar-refractivity contribution in [1.29, 1.82) is 0 Å². The number of nitrogens with one attached hydrogen (secondary N) is 1. The van der Waals surface area contributed by atoms with Crippen molar-refractivity contribution in [3.05, 3.63) is 36.0 Å². The third-order valence-electron chi connectivity index (χ3n) is 4.26. The summed E-state index contributed by atoms with van der Waals surface area (Å²) in [5.74, 6) is -0.940. The van der Waals surface area contributed by atoms with E-state index in [1.54, 1.807) is 0 Å². The molecule has 4 heteroatoms. The van der Waals surface area contributed by atoms with E-state index in [-0.39, 0.29) is 5.56 Å². The molecule has 0 saturated heterocycles. The Kier molecular flexibility index (Phi) is 3.08. The average Bonchev–Trinajstić information content (AvgIpc) is 2.42. The Morgan fingerprint density at radius 3 is 2.80 bits per heavy atom. The fourth-order valence-electron chi connectivity index (χ4n) is 2.75. The highest BCUT2D eigenvalue weighted by Gasteiger charge is 2.31. The molecule has 0 radical (unpaired) electrons. The molecule has 1 aliphatic carbocycles. The first-order chi connectivity index (χ1) is 9.59. The Morgan fingerprint density at radius 1 is 1.40 bits per heavy atom. The molecule has 0 bridgehead atoms. The monoisotopic (exact) mass is 270 g/mol. The summed E-state index contributed by atoms with van der Waals surface area (Å²) < 4.78 is 0. The van der Waals surface area contributed by atoms with Crippen LogP contribution in [-0.4, -0.2) is 22.6 Å². The second-order valence-corrected chi connectivity index (χ2v) is 5.89. The van der Waals surface area contributed by atoms with Gasteiger partial charge in [0.25, 0.3) is 0 Å². The summed E-state index contributed by atoms with van der Waals surface area (Å²) in [6.07, 6.45) is 5.11. The molecule has 0 atom stereocenters. The molecule has 0 spiro atoms. The number of carbonyl (C=O) groups is 1. The maximum Gasteiger partial charge on any atom is 0.339 e. The van der Waals surface area contributed by atoms with E-state index in [9.17, 15) is 9.90 Å². The number of hydrogen-bond donors (Lipinski definition) is 2. The van der Waals surface area contributed by atoms with Crippen molar-refractivity contribution in [1.82, 2.24) is 4.98 Å². The van der Waals surface area contributed by atoms with Crippen LogP contribution in [0.5, 0.6) is 0 Å². The van der Waals surface area contributed by atoms with E-state index >= 15 is 0 Å². The number of para-hydroxylation sites is 1. The molecule has 0 aliphatic heterocycles. The van der Waals surface area contributed by atoms with Gasteiger partial charge in [-0.2, -0.15) is 0 Å². The topological polar surface area (TPSA) is 62.2 Å². The van der Waals surface area contributed by atoms with E-state index in [0.29, 0.717) is 11.1 Å². The second-order valence-electron chi connectivity index (χ2n) is 5.89. The molecular formula is C16H18N2O2. The molecule has 1 heterocycles. The lowest BCUT2D eigenvalue weighted by Gasteiger charge is -2.38. The summed E-state index contributed by atoms with van der Waals surface area (Å²) in [6, 6.07) is 7.64. The summed E-state index contributed by atoms with van der Waals surface area (Å²) in [7, 11) is 0. The van der Waals surface area contributed by atoms with Crippen LogP contribution in [0.1, 0.15) is 36.5 Å². The molecule has 0 amide bonds. The summed E-state index contributed by atoms with van der Waals surface area (Å²) in [5, 5.41) is 13.6. The number of nitrogens with zero attached hydrogens (tertiary/aromatic N) is 1. The van der Waals surface area contributed by atoms with E-state index in [1.165, 1.54) is 25.5 Å². The normalized spacial score (nSPS) is 16.6. The molecule has 1 aliphatic rings. The minimum atomic E-state index is -0.940. The lowest BCUT2D eigenvalue weighted by molar-refractivity contribution is 0.0697. The van der Waals surface area contributed by atoms with Gasteiger partial charge in [-0.3, -0.25) is 4.98 Å². The molecule has 0 unspecified atom stereocenters. The molecule has 2 aromatic rings. The van der Waals surface area contributed by atoms with Crippen LogP contribution in [0.25, 0.3) is 10.9 Å². The fraction of sp³-hybridized carbons (Fsp3) is 0.375.